The molecule has 3 heteroatoms. The molecule has 1 aliphatic carbocycles. The predicted molar refractivity (Wildman–Crippen MR) is 78.7 cm³/mol. The highest BCUT2D eigenvalue weighted by Crippen LogP contribution is 2.41. The molecule has 1 heterocycles. The number of aromatic nitrogens is 2. The van der Waals surface area contributed by atoms with Crippen LogP contribution < -0.4 is 5.73 Å². The third-order valence-corrected chi connectivity index (χ3v) is 4.06. The molecule has 0 atom stereocenters. The van der Waals surface area contributed by atoms with Crippen molar-refractivity contribution in [2.75, 3.05) is 5.73 Å². The van der Waals surface area contributed by atoms with Crippen LogP contribution in [0.5, 0.6) is 0 Å². The summed E-state index contributed by atoms with van der Waals surface area (Å²) in [6.07, 6.45) is 3.83. The molecule has 0 bridgehead atoms. The minimum absolute atomic E-state index is 0.424. The van der Waals surface area contributed by atoms with Crippen molar-refractivity contribution < 1.29 is 0 Å². The maximum absolute atomic E-state index is 6.35. The Bertz CT molecular complexity index is 565. The van der Waals surface area contributed by atoms with Crippen molar-refractivity contribution in [3.63, 3.8) is 0 Å². The van der Waals surface area contributed by atoms with E-state index in [1.54, 1.807) is 0 Å². The summed E-state index contributed by atoms with van der Waals surface area (Å²) in [5.41, 5.74) is 9.87. The van der Waals surface area contributed by atoms with Crippen LogP contribution in [0.4, 0.5) is 5.82 Å². The number of nitrogen functional groups attached to an aromatic ring is 1. The van der Waals surface area contributed by atoms with E-state index in [1.807, 2.05) is 22.9 Å². The normalized spacial score (nSPS) is 15.7. The van der Waals surface area contributed by atoms with Crippen molar-refractivity contribution >= 4 is 5.82 Å². The molecule has 0 radical (unpaired) electrons. The summed E-state index contributed by atoms with van der Waals surface area (Å²) in [6, 6.07) is 10.2. The Morgan fingerprint density at radius 2 is 1.89 bits per heavy atom. The van der Waals surface area contributed by atoms with Gasteiger partial charge in [-0.2, -0.15) is 5.10 Å². The van der Waals surface area contributed by atoms with Crippen molar-refractivity contribution in [1.29, 1.82) is 0 Å². The fourth-order valence-electron chi connectivity index (χ4n) is 2.80. The molecule has 1 aliphatic rings. The monoisotopic (exact) mass is 255 g/mol. The summed E-state index contributed by atoms with van der Waals surface area (Å²) >= 11 is 0. The zero-order valence-corrected chi connectivity index (χ0v) is 11.6. The van der Waals surface area contributed by atoms with Gasteiger partial charge in [-0.25, -0.2) is 4.68 Å². The number of benzene rings is 1. The molecular weight excluding hydrogens is 234 g/mol. The first-order valence-electron chi connectivity index (χ1n) is 7.12. The van der Waals surface area contributed by atoms with Gasteiger partial charge < -0.3 is 5.73 Å². The number of rotatable bonds is 3. The van der Waals surface area contributed by atoms with Gasteiger partial charge >= 0.3 is 0 Å². The Labute approximate surface area is 114 Å². The number of hydrogen-bond donors (Lipinski definition) is 1. The third-order valence-electron chi connectivity index (χ3n) is 4.06. The molecule has 1 aromatic carbocycles. The van der Waals surface area contributed by atoms with E-state index >= 15 is 0 Å². The minimum Gasteiger partial charge on any atom is -0.383 e. The summed E-state index contributed by atoms with van der Waals surface area (Å²) in [5.74, 6) is 1.85. The maximum Gasteiger partial charge on any atom is 0.130 e. The lowest BCUT2D eigenvalue weighted by atomic mass is 9.80. The quantitative estimate of drug-likeness (QED) is 0.905. The molecule has 100 valence electrons. The lowest BCUT2D eigenvalue weighted by Gasteiger charge is -2.25. The summed E-state index contributed by atoms with van der Waals surface area (Å²) in [7, 11) is 0. The van der Waals surface area contributed by atoms with Crippen LogP contribution in [0.3, 0.4) is 0 Å². The summed E-state index contributed by atoms with van der Waals surface area (Å²) in [4.78, 5) is 0. The zero-order valence-electron chi connectivity index (χ0n) is 11.6. The molecule has 0 aliphatic heterocycles. The molecule has 2 N–H and O–H groups in total. The first-order chi connectivity index (χ1) is 9.18. The number of nitrogens with zero attached hydrogens (tertiary/aromatic N) is 2. The average molecular weight is 255 g/mol. The largest absolute Gasteiger partial charge is 0.383 e. The molecule has 3 rings (SSSR count). The van der Waals surface area contributed by atoms with E-state index in [-0.39, 0.29) is 0 Å². The number of hydrogen-bond acceptors (Lipinski definition) is 2. The van der Waals surface area contributed by atoms with Gasteiger partial charge in [0.1, 0.15) is 5.82 Å². The smallest absolute Gasteiger partial charge is 0.130 e. The topological polar surface area (TPSA) is 43.8 Å². The van der Waals surface area contributed by atoms with Crippen LogP contribution in [0, 0.1) is 0 Å². The molecular formula is C16H21N3. The number of anilines is 1. The van der Waals surface area contributed by atoms with Crippen LogP contribution in [0.15, 0.2) is 30.3 Å². The molecule has 2 aromatic rings. The number of nitrogens with two attached hydrogens (primary N) is 1. The van der Waals surface area contributed by atoms with E-state index in [1.165, 1.54) is 30.5 Å². The van der Waals surface area contributed by atoms with E-state index in [4.69, 9.17) is 10.8 Å². The Hall–Kier alpha value is -1.77. The molecule has 0 amide bonds. The summed E-state index contributed by atoms with van der Waals surface area (Å²) in [5, 5.41) is 4.81. The average Bonchev–Trinajstić information content (AvgIpc) is 2.66. The van der Waals surface area contributed by atoms with E-state index in [0.29, 0.717) is 11.8 Å². The molecule has 1 fully saturated rings. The van der Waals surface area contributed by atoms with Crippen molar-refractivity contribution in [2.24, 2.45) is 0 Å². The molecule has 0 saturated heterocycles. The third kappa shape index (κ3) is 2.03. The zero-order chi connectivity index (χ0) is 13.4. The second-order valence-electron chi connectivity index (χ2n) is 5.71. The first-order valence-corrected chi connectivity index (χ1v) is 7.12. The van der Waals surface area contributed by atoms with Crippen LogP contribution >= 0.6 is 0 Å². The molecule has 1 saturated carbocycles. The van der Waals surface area contributed by atoms with Gasteiger partial charge in [0.2, 0.25) is 0 Å². The van der Waals surface area contributed by atoms with Crippen molar-refractivity contribution in [2.45, 2.75) is 44.9 Å². The highest BCUT2D eigenvalue weighted by molar-refractivity contribution is 5.52. The fourth-order valence-corrected chi connectivity index (χ4v) is 2.80. The predicted octanol–water partition coefficient (Wildman–Crippen LogP) is 3.85. The molecule has 3 nitrogen and oxygen atoms in total. The fraction of sp³-hybridized carbons (Fsp3) is 0.438. The van der Waals surface area contributed by atoms with Crippen molar-refractivity contribution in [3.05, 3.63) is 41.6 Å². The van der Waals surface area contributed by atoms with Crippen LogP contribution in [0.25, 0.3) is 5.69 Å². The SMILES string of the molecule is CC(C)c1c(C2CCC2)nn(-c2ccccc2)c1N. The molecule has 0 spiro atoms. The van der Waals surface area contributed by atoms with Gasteiger partial charge in [0.15, 0.2) is 0 Å². The van der Waals surface area contributed by atoms with Gasteiger partial charge in [0.25, 0.3) is 0 Å². The molecule has 1 aromatic heterocycles. The highest BCUT2D eigenvalue weighted by Gasteiger charge is 2.29. The summed E-state index contributed by atoms with van der Waals surface area (Å²) < 4.78 is 1.91. The van der Waals surface area contributed by atoms with Gasteiger partial charge in [0, 0.05) is 11.5 Å². The highest BCUT2D eigenvalue weighted by atomic mass is 15.3. The van der Waals surface area contributed by atoms with Crippen LogP contribution in [0.1, 0.15) is 56.2 Å². The Kier molecular flexibility index (Phi) is 3.05. The van der Waals surface area contributed by atoms with E-state index in [9.17, 15) is 0 Å². The van der Waals surface area contributed by atoms with Gasteiger partial charge in [-0.05, 0) is 30.9 Å². The standard InChI is InChI=1S/C16H21N3/c1-11(2)14-15(12-7-6-8-12)18-19(16(14)17)13-9-4-3-5-10-13/h3-5,9-12H,6-8,17H2,1-2H3. The van der Waals surface area contributed by atoms with Gasteiger partial charge in [0.05, 0.1) is 11.4 Å². The minimum atomic E-state index is 0.424. The van der Waals surface area contributed by atoms with E-state index in [0.717, 1.165) is 11.5 Å². The van der Waals surface area contributed by atoms with Gasteiger partial charge in [-0.1, -0.05) is 38.5 Å². The summed E-state index contributed by atoms with van der Waals surface area (Å²) in [6.45, 7) is 4.40. The van der Waals surface area contributed by atoms with Gasteiger partial charge in [-0.15, -0.1) is 0 Å². The van der Waals surface area contributed by atoms with E-state index in [2.05, 4.69) is 26.0 Å². The van der Waals surface area contributed by atoms with E-state index < -0.39 is 0 Å². The molecule has 19 heavy (non-hydrogen) atoms. The number of para-hydroxylation sites is 1. The Balaban J connectivity index is 2.11. The maximum atomic E-state index is 6.35. The lowest BCUT2D eigenvalue weighted by Crippen LogP contribution is -2.12. The van der Waals surface area contributed by atoms with Crippen LogP contribution in [-0.2, 0) is 0 Å². The lowest BCUT2D eigenvalue weighted by molar-refractivity contribution is 0.406. The van der Waals surface area contributed by atoms with Crippen molar-refractivity contribution in [3.8, 4) is 5.69 Å². The Morgan fingerprint density at radius 3 is 2.42 bits per heavy atom. The second-order valence-corrected chi connectivity index (χ2v) is 5.71. The van der Waals surface area contributed by atoms with Crippen LogP contribution in [-0.4, -0.2) is 9.78 Å². The van der Waals surface area contributed by atoms with Gasteiger partial charge in [-0.3, -0.25) is 0 Å². The first kappa shape index (κ1) is 12.3. The molecule has 0 unspecified atom stereocenters. The second kappa shape index (κ2) is 4.72. The van der Waals surface area contributed by atoms with Crippen LogP contribution in [0.2, 0.25) is 0 Å². The van der Waals surface area contributed by atoms with Crippen molar-refractivity contribution in [1.82, 2.24) is 9.78 Å². The Morgan fingerprint density at radius 1 is 1.21 bits per heavy atom.